The SMILES string of the molecule is COC(=O)c1ccc2nnc(Cc3cccc(O)c3)n2c1. The molecule has 3 aromatic rings. The molecule has 0 bridgehead atoms. The molecule has 106 valence electrons. The van der Waals surface area contributed by atoms with Gasteiger partial charge in [0, 0.05) is 12.6 Å². The highest BCUT2D eigenvalue weighted by molar-refractivity contribution is 5.89. The number of hydrogen-bond donors (Lipinski definition) is 1. The van der Waals surface area contributed by atoms with Crippen molar-refractivity contribution in [2.24, 2.45) is 0 Å². The minimum absolute atomic E-state index is 0.205. The Labute approximate surface area is 120 Å². The zero-order valence-electron chi connectivity index (χ0n) is 11.4. The minimum atomic E-state index is -0.408. The number of carbonyl (C=O) groups excluding carboxylic acids is 1. The van der Waals surface area contributed by atoms with Gasteiger partial charge in [-0.3, -0.25) is 4.40 Å². The number of benzene rings is 1. The molecule has 0 amide bonds. The van der Waals surface area contributed by atoms with Crippen LogP contribution in [0.5, 0.6) is 5.75 Å². The van der Waals surface area contributed by atoms with Crippen molar-refractivity contribution in [2.75, 3.05) is 7.11 Å². The Bertz CT molecular complexity index is 811. The van der Waals surface area contributed by atoms with E-state index >= 15 is 0 Å². The molecule has 1 N–H and O–H groups in total. The lowest BCUT2D eigenvalue weighted by atomic mass is 10.1. The number of nitrogens with zero attached hydrogens (tertiary/aromatic N) is 3. The van der Waals surface area contributed by atoms with E-state index in [1.165, 1.54) is 7.11 Å². The fraction of sp³-hybridized carbons (Fsp3) is 0.133. The van der Waals surface area contributed by atoms with Gasteiger partial charge < -0.3 is 9.84 Å². The first kappa shape index (κ1) is 13.1. The molecule has 0 aliphatic rings. The van der Waals surface area contributed by atoms with Gasteiger partial charge in [-0.15, -0.1) is 10.2 Å². The number of ether oxygens (including phenoxy) is 1. The van der Waals surface area contributed by atoms with Crippen LogP contribution in [0, 0.1) is 0 Å². The van der Waals surface area contributed by atoms with Crippen molar-refractivity contribution in [3.05, 3.63) is 59.5 Å². The molecule has 2 aromatic heterocycles. The van der Waals surface area contributed by atoms with Crippen LogP contribution in [-0.2, 0) is 11.2 Å². The molecule has 0 aliphatic heterocycles. The molecule has 0 fully saturated rings. The van der Waals surface area contributed by atoms with E-state index in [1.54, 1.807) is 40.9 Å². The highest BCUT2D eigenvalue weighted by Gasteiger charge is 2.11. The summed E-state index contributed by atoms with van der Waals surface area (Å²) in [5, 5.41) is 17.7. The first-order chi connectivity index (χ1) is 10.2. The van der Waals surface area contributed by atoms with Gasteiger partial charge in [-0.1, -0.05) is 12.1 Å². The summed E-state index contributed by atoms with van der Waals surface area (Å²) in [7, 11) is 1.34. The number of phenols is 1. The third-order valence-electron chi connectivity index (χ3n) is 3.17. The van der Waals surface area contributed by atoms with E-state index < -0.39 is 5.97 Å². The van der Waals surface area contributed by atoms with Gasteiger partial charge in [-0.2, -0.15) is 0 Å². The van der Waals surface area contributed by atoms with Crippen LogP contribution >= 0.6 is 0 Å². The van der Waals surface area contributed by atoms with Gasteiger partial charge >= 0.3 is 5.97 Å². The summed E-state index contributed by atoms with van der Waals surface area (Å²) in [6, 6.07) is 10.3. The number of aromatic nitrogens is 3. The number of carbonyl (C=O) groups is 1. The van der Waals surface area contributed by atoms with Crippen molar-refractivity contribution in [3.8, 4) is 5.75 Å². The fourth-order valence-electron chi connectivity index (χ4n) is 2.15. The lowest BCUT2D eigenvalue weighted by Crippen LogP contribution is -2.04. The predicted molar refractivity (Wildman–Crippen MR) is 75.2 cm³/mol. The zero-order chi connectivity index (χ0) is 14.8. The minimum Gasteiger partial charge on any atom is -0.508 e. The number of methoxy groups -OCH3 is 1. The molecule has 0 unspecified atom stereocenters. The Balaban J connectivity index is 2.00. The summed E-state index contributed by atoms with van der Waals surface area (Å²) in [5.74, 6) is 0.479. The molecule has 0 atom stereocenters. The summed E-state index contributed by atoms with van der Waals surface area (Å²) in [6.45, 7) is 0. The van der Waals surface area contributed by atoms with Gasteiger partial charge in [0.1, 0.15) is 11.6 Å². The van der Waals surface area contributed by atoms with Crippen molar-refractivity contribution in [3.63, 3.8) is 0 Å². The second-order valence-electron chi connectivity index (χ2n) is 4.60. The van der Waals surface area contributed by atoms with Crippen molar-refractivity contribution in [2.45, 2.75) is 6.42 Å². The quantitative estimate of drug-likeness (QED) is 0.742. The van der Waals surface area contributed by atoms with Crippen molar-refractivity contribution in [1.82, 2.24) is 14.6 Å². The summed E-state index contributed by atoms with van der Waals surface area (Å²) in [6.07, 6.45) is 2.15. The Hall–Kier alpha value is -2.89. The normalized spacial score (nSPS) is 10.7. The molecule has 2 heterocycles. The van der Waals surface area contributed by atoms with E-state index in [0.29, 0.717) is 23.5 Å². The van der Waals surface area contributed by atoms with Crippen LogP contribution < -0.4 is 0 Å². The smallest absolute Gasteiger partial charge is 0.339 e. The lowest BCUT2D eigenvalue weighted by molar-refractivity contribution is 0.0600. The van der Waals surface area contributed by atoms with E-state index in [4.69, 9.17) is 4.74 Å². The second kappa shape index (κ2) is 5.24. The number of phenolic OH excluding ortho intramolecular Hbond substituents is 1. The number of pyridine rings is 1. The molecular weight excluding hydrogens is 270 g/mol. The Morgan fingerprint density at radius 1 is 1.29 bits per heavy atom. The third-order valence-corrected chi connectivity index (χ3v) is 3.17. The molecule has 0 aliphatic carbocycles. The third kappa shape index (κ3) is 2.55. The maximum Gasteiger partial charge on any atom is 0.339 e. The number of aromatic hydroxyl groups is 1. The summed E-state index contributed by atoms with van der Waals surface area (Å²) in [5.41, 5.74) is 1.99. The second-order valence-corrected chi connectivity index (χ2v) is 4.60. The van der Waals surface area contributed by atoms with Crippen LogP contribution in [0.2, 0.25) is 0 Å². The van der Waals surface area contributed by atoms with Crippen LogP contribution in [0.15, 0.2) is 42.6 Å². The van der Waals surface area contributed by atoms with Gasteiger partial charge in [0.25, 0.3) is 0 Å². The monoisotopic (exact) mass is 283 g/mol. The zero-order valence-corrected chi connectivity index (χ0v) is 11.4. The number of hydrogen-bond acceptors (Lipinski definition) is 5. The number of fused-ring (bicyclic) bond motifs is 1. The maximum atomic E-state index is 11.6. The Morgan fingerprint density at radius 3 is 2.90 bits per heavy atom. The molecule has 21 heavy (non-hydrogen) atoms. The molecule has 1 aromatic carbocycles. The fourth-order valence-corrected chi connectivity index (χ4v) is 2.15. The molecule has 6 heteroatoms. The summed E-state index contributed by atoms with van der Waals surface area (Å²) >= 11 is 0. The number of esters is 1. The van der Waals surface area contributed by atoms with Crippen LogP contribution in [0.3, 0.4) is 0 Å². The van der Waals surface area contributed by atoms with Crippen LogP contribution in [0.25, 0.3) is 5.65 Å². The highest BCUT2D eigenvalue weighted by Crippen LogP contribution is 2.15. The van der Waals surface area contributed by atoms with Crippen LogP contribution in [-0.4, -0.2) is 32.8 Å². The largest absolute Gasteiger partial charge is 0.508 e. The van der Waals surface area contributed by atoms with Gasteiger partial charge in [-0.25, -0.2) is 4.79 Å². The van der Waals surface area contributed by atoms with E-state index in [0.717, 1.165) is 5.56 Å². The molecule has 0 spiro atoms. The average Bonchev–Trinajstić information content (AvgIpc) is 2.89. The lowest BCUT2D eigenvalue weighted by Gasteiger charge is -2.03. The Morgan fingerprint density at radius 2 is 2.14 bits per heavy atom. The highest BCUT2D eigenvalue weighted by atomic mass is 16.5. The molecule has 0 saturated heterocycles. The van der Waals surface area contributed by atoms with E-state index in [9.17, 15) is 9.90 Å². The van der Waals surface area contributed by atoms with Crippen molar-refractivity contribution >= 4 is 11.6 Å². The van der Waals surface area contributed by atoms with E-state index in [1.807, 2.05) is 6.07 Å². The standard InChI is InChI=1S/C15H13N3O3/c1-21-15(20)11-5-6-13-16-17-14(18(13)9-11)8-10-3-2-4-12(19)7-10/h2-7,9,19H,8H2,1H3. The van der Waals surface area contributed by atoms with E-state index in [-0.39, 0.29) is 5.75 Å². The van der Waals surface area contributed by atoms with Gasteiger partial charge in [0.2, 0.25) is 0 Å². The van der Waals surface area contributed by atoms with E-state index in [2.05, 4.69) is 10.2 Å². The van der Waals surface area contributed by atoms with Crippen LogP contribution in [0.1, 0.15) is 21.7 Å². The predicted octanol–water partition coefficient (Wildman–Crippen LogP) is 1.81. The molecule has 0 radical (unpaired) electrons. The van der Waals surface area contributed by atoms with Crippen molar-refractivity contribution in [1.29, 1.82) is 0 Å². The molecule has 6 nitrogen and oxygen atoms in total. The molecular formula is C15H13N3O3. The molecule has 0 saturated carbocycles. The first-order valence-electron chi connectivity index (χ1n) is 6.37. The van der Waals surface area contributed by atoms with Gasteiger partial charge in [0.15, 0.2) is 5.65 Å². The topological polar surface area (TPSA) is 76.7 Å². The summed E-state index contributed by atoms with van der Waals surface area (Å²) < 4.78 is 6.46. The van der Waals surface area contributed by atoms with Gasteiger partial charge in [-0.05, 0) is 29.8 Å². The number of rotatable bonds is 3. The molecule has 3 rings (SSSR count). The maximum absolute atomic E-state index is 11.6. The first-order valence-corrected chi connectivity index (χ1v) is 6.37. The average molecular weight is 283 g/mol. The Kier molecular flexibility index (Phi) is 3.27. The van der Waals surface area contributed by atoms with Crippen LogP contribution in [0.4, 0.5) is 0 Å². The van der Waals surface area contributed by atoms with Crippen molar-refractivity contribution < 1.29 is 14.6 Å². The summed E-state index contributed by atoms with van der Waals surface area (Å²) in [4.78, 5) is 11.6. The van der Waals surface area contributed by atoms with Gasteiger partial charge in [0.05, 0.1) is 12.7 Å².